The molecule has 0 bridgehead atoms. The maximum atomic E-state index is 14.3. The zero-order valence-corrected chi connectivity index (χ0v) is 55.3. The van der Waals surface area contributed by atoms with Gasteiger partial charge >= 0.3 is 19.8 Å². The number of hydrogen-bond acceptors (Lipinski definition) is 13. The Hall–Kier alpha value is -1.15. The highest BCUT2D eigenvalue weighted by Gasteiger charge is 2.27. The summed E-state index contributed by atoms with van der Waals surface area (Å²) in [6.45, 7) is 24.0. The van der Waals surface area contributed by atoms with Crippen LogP contribution in [0.2, 0.25) is 0 Å². The summed E-state index contributed by atoms with van der Waals surface area (Å²) < 4.78 is 44.7. The number of carbonyl (C=O) groups is 2. The van der Waals surface area contributed by atoms with Crippen molar-refractivity contribution in [3.05, 3.63) is 0 Å². The van der Waals surface area contributed by atoms with E-state index in [4.69, 9.17) is 23.0 Å². The van der Waals surface area contributed by atoms with Crippen LogP contribution in [0, 0.1) is 0 Å². The van der Waals surface area contributed by atoms with Crippen LogP contribution >= 0.6 is 7.82 Å². The van der Waals surface area contributed by atoms with E-state index in [1.807, 2.05) is 0 Å². The third-order valence-electron chi connectivity index (χ3n) is 17.2. The summed E-state index contributed by atoms with van der Waals surface area (Å²) in [5, 5.41) is 0. The van der Waals surface area contributed by atoms with Crippen LogP contribution in [0.3, 0.4) is 0 Å². The van der Waals surface area contributed by atoms with Crippen LogP contribution in [0.1, 0.15) is 291 Å². The summed E-state index contributed by atoms with van der Waals surface area (Å²) in [5.41, 5.74) is 0. The van der Waals surface area contributed by atoms with Crippen molar-refractivity contribution in [2.45, 2.75) is 303 Å². The number of phosphoric ester groups is 1. The SMILES string of the molecule is CCCCCCCCC(CCCCCCCC)OC(=O)CCCCCCCOP(=O)(OCCCCCCCC(=O)OC(CCCCCCCC)CCCCCCCC)OCCCN(CCN1CCN(C)CC1)CCN1CCN(C)CC1. The highest BCUT2D eigenvalue weighted by atomic mass is 31.2. The lowest BCUT2D eigenvalue weighted by Crippen LogP contribution is -2.49. The van der Waals surface area contributed by atoms with Gasteiger partial charge in [-0.1, -0.05) is 195 Å². The number of hydrogen-bond donors (Lipinski definition) is 0. The summed E-state index contributed by atoms with van der Waals surface area (Å²) in [4.78, 5) is 38.6. The first-order chi connectivity index (χ1) is 39.6. The van der Waals surface area contributed by atoms with Crippen LogP contribution < -0.4 is 0 Å². The lowest BCUT2D eigenvalue weighted by Gasteiger charge is -2.36. The Morgan fingerprint density at radius 1 is 0.370 bits per heavy atom. The van der Waals surface area contributed by atoms with Crippen molar-refractivity contribution < 1.29 is 37.2 Å². The lowest BCUT2D eigenvalue weighted by atomic mass is 10.0. The summed E-state index contributed by atoms with van der Waals surface area (Å²) in [7, 11) is 0.653. The van der Waals surface area contributed by atoms with Crippen molar-refractivity contribution in [1.82, 2.24) is 24.5 Å². The van der Waals surface area contributed by atoms with Gasteiger partial charge in [-0.2, -0.15) is 0 Å². The van der Waals surface area contributed by atoms with Crippen molar-refractivity contribution >= 4 is 19.8 Å². The number of unbranched alkanes of at least 4 members (excludes halogenated alkanes) is 28. The molecule has 81 heavy (non-hydrogen) atoms. The molecule has 2 fully saturated rings. The zero-order chi connectivity index (χ0) is 58.5. The van der Waals surface area contributed by atoms with E-state index in [1.165, 1.54) is 128 Å². The minimum Gasteiger partial charge on any atom is -0.462 e. The normalized spacial score (nSPS) is 15.3. The molecule has 2 saturated heterocycles. The third kappa shape index (κ3) is 45.8. The minimum atomic E-state index is -3.77. The maximum Gasteiger partial charge on any atom is 0.474 e. The van der Waals surface area contributed by atoms with Gasteiger partial charge in [-0.05, 0) is 97.6 Å². The molecule has 2 rings (SSSR count). The number of piperazine rings is 2. The molecule has 2 aliphatic heterocycles. The molecule has 0 spiro atoms. The molecule has 480 valence electrons. The molecular weight excluding hydrogens is 1030 g/mol. The molecule has 0 aromatic carbocycles. The molecule has 0 unspecified atom stereocenters. The molecule has 0 N–H and O–H groups in total. The first-order valence-electron chi connectivity index (χ1n) is 35.1. The van der Waals surface area contributed by atoms with E-state index in [0.29, 0.717) is 32.7 Å². The highest BCUT2D eigenvalue weighted by Crippen LogP contribution is 2.50. The molecule has 0 atom stereocenters. The molecule has 0 saturated carbocycles. The number of nitrogens with zero attached hydrogens (tertiary/aromatic N) is 5. The monoisotopic (exact) mass is 1170 g/mol. The van der Waals surface area contributed by atoms with Gasteiger partial charge in [0.25, 0.3) is 0 Å². The molecule has 0 aromatic rings. The van der Waals surface area contributed by atoms with Crippen molar-refractivity contribution in [2.24, 2.45) is 0 Å². The lowest BCUT2D eigenvalue weighted by molar-refractivity contribution is -0.151. The van der Waals surface area contributed by atoms with Crippen molar-refractivity contribution in [2.75, 3.05) is 119 Å². The smallest absolute Gasteiger partial charge is 0.462 e. The fourth-order valence-corrected chi connectivity index (χ4v) is 12.7. The van der Waals surface area contributed by atoms with Gasteiger partial charge in [-0.25, -0.2) is 4.57 Å². The number of phosphoric acid groups is 1. The van der Waals surface area contributed by atoms with Crippen LogP contribution in [0.15, 0.2) is 0 Å². The van der Waals surface area contributed by atoms with E-state index in [1.54, 1.807) is 0 Å². The Morgan fingerprint density at radius 2 is 0.654 bits per heavy atom. The average Bonchev–Trinajstić information content (AvgIpc) is 3.46. The molecule has 0 radical (unpaired) electrons. The van der Waals surface area contributed by atoms with Crippen LogP contribution in [0.25, 0.3) is 0 Å². The van der Waals surface area contributed by atoms with E-state index < -0.39 is 7.82 Å². The Balaban J connectivity index is 1.86. The number of ether oxygens (including phenoxy) is 2. The van der Waals surface area contributed by atoms with Gasteiger partial charge < -0.3 is 24.2 Å². The number of rotatable bonds is 59. The number of likely N-dealkylation sites (N-methyl/N-ethyl adjacent to an activating group) is 2. The molecule has 13 nitrogen and oxygen atoms in total. The van der Waals surface area contributed by atoms with Gasteiger partial charge in [0.05, 0.1) is 19.8 Å². The molecule has 14 heteroatoms. The molecule has 0 aromatic heterocycles. The average molecular weight is 1170 g/mol. The van der Waals surface area contributed by atoms with Gasteiger partial charge in [-0.3, -0.25) is 33.0 Å². The minimum absolute atomic E-state index is 0.0372. The second kappa shape index (κ2) is 54.3. The Morgan fingerprint density at radius 3 is 0.988 bits per heavy atom. The van der Waals surface area contributed by atoms with Gasteiger partial charge in [0, 0.05) is 97.9 Å². The van der Waals surface area contributed by atoms with Crippen LogP contribution in [-0.4, -0.2) is 168 Å². The Bertz CT molecular complexity index is 1320. The van der Waals surface area contributed by atoms with Crippen LogP contribution in [0.5, 0.6) is 0 Å². The highest BCUT2D eigenvalue weighted by molar-refractivity contribution is 7.48. The van der Waals surface area contributed by atoms with E-state index in [-0.39, 0.29) is 24.1 Å². The van der Waals surface area contributed by atoms with E-state index in [9.17, 15) is 14.2 Å². The zero-order valence-electron chi connectivity index (χ0n) is 54.4. The number of esters is 2. The second-order valence-corrected chi connectivity index (χ2v) is 26.6. The van der Waals surface area contributed by atoms with Gasteiger partial charge in [0.1, 0.15) is 12.2 Å². The van der Waals surface area contributed by atoms with Crippen molar-refractivity contribution in [3.8, 4) is 0 Å². The van der Waals surface area contributed by atoms with E-state index in [0.717, 1.165) is 207 Å². The molecule has 2 heterocycles. The molecule has 0 amide bonds. The van der Waals surface area contributed by atoms with Crippen LogP contribution in [-0.2, 0) is 37.2 Å². The third-order valence-corrected chi connectivity index (χ3v) is 18.7. The molecule has 2 aliphatic rings. The Kier molecular flexibility index (Phi) is 50.9. The first kappa shape index (κ1) is 75.9. The van der Waals surface area contributed by atoms with Gasteiger partial charge in [0.15, 0.2) is 0 Å². The fourth-order valence-electron chi connectivity index (χ4n) is 11.4. The summed E-state index contributed by atoms with van der Waals surface area (Å²) in [6, 6.07) is 0. The predicted octanol–water partition coefficient (Wildman–Crippen LogP) is 16.8. The topological polar surface area (TPSA) is 114 Å². The standard InChI is InChI=1S/C67H134N5O8P/c1-7-11-15-19-25-33-42-64(43-34-26-20-16-12-8-2)79-66(73)46-37-29-23-31-39-61-76-81(75,78-63-41-48-70(57-59-71-53-49-68(5)50-54-71)58-60-72-55-51-69(6)52-56-72)77-62-40-32-24-30-38-47-67(74)80-65(44-35-27-21-17-13-9-3)45-36-28-22-18-14-10-4/h64-65H,7-63H2,1-6H3. The van der Waals surface area contributed by atoms with Crippen molar-refractivity contribution in [3.63, 3.8) is 0 Å². The predicted molar refractivity (Wildman–Crippen MR) is 342 cm³/mol. The van der Waals surface area contributed by atoms with Crippen LogP contribution in [0.4, 0.5) is 0 Å². The molecular formula is C67H134N5O8P. The quantitative estimate of drug-likeness (QED) is 0.0327. The Labute approximate surface area is 501 Å². The van der Waals surface area contributed by atoms with Crippen molar-refractivity contribution in [1.29, 1.82) is 0 Å². The summed E-state index contributed by atoms with van der Waals surface area (Å²) >= 11 is 0. The number of carbonyl (C=O) groups excluding carboxylic acids is 2. The first-order valence-corrected chi connectivity index (χ1v) is 36.5. The van der Waals surface area contributed by atoms with Gasteiger partial charge in [-0.15, -0.1) is 0 Å². The summed E-state index contributed by atoms with van der Waals surface area (Å²) in [6.07, 6.45) is 44.9. The van der Waals surface area contributed by atoms with Gasteiger partial charge in [0.2, 0.25) is 0 Å². The summed E-state index contributed by atoms with van der Waals surface area (Å²) in [5.74, 6) is -0.0744. The fraction of sp³-hybridized carbons (Fsp3) is 0.970. The van der Waals surface area contributed by atoms with E-state index in [2.05, 4.69) is 66.3 Å². The maximum absolute atomic E-state index is 14.3. The largest absolute Gasteiger partial charge is 0.474 e. The van der Waals surface area contributed by atoms with E-state index >= 15 is 0 Å². The molecule has 0 aliphatic carbocycles. The second-order valence-electron chi connectivity index (χ2n) is 24.9.